The zero-order chi connectivity index (χ0) is 18.7. The number of hydrogen-bond acceptors (Lipinski definition) is 3. The van der Waals surface area contributed by atoms with Gasteiger partial charge in [0.2, 0.25) is 0 Å². The minimum atomic E-state index is -0.193. The molecule has 1 aromatic rings. The molecule has 0 saturated heterocycles. The molecule has 0 radical (unpaired) electrons. The minimum Gasteiger partial charge on any atom is -0.368 e. The van der Waals surface area contributed by atoms with Gasteiger partial charge in [0, 0.05) is 24.9 Å². The van der Waals surface area contributed by atoms with E-state index in [1.165, 1.54) is 0 Å². The summed E-state index contributed by atoms with van der Waals surface area (Å²) in [5.74, 6) is -0.174. The van der Waals surface area contributed by atoms with Crippen LogP contribution in [0.5, 0.6) is 0 Å². The van der Waals surface area contributed by atoms with Gasteiger partial charge in [0.05, 0.1) is 5.71 Å². The van der Waals surface area contributed by atoms with E-state index in [1.807, 2.05) is 38.1 Å². The highest BCUT2D eigenvalue weighted by molar-refractivity contribution is 6.10. The monoisotopic (exact) mass is 339 g/mol. The van der Waals surface area contributed by atoms with E-state index in [1.54, 1.807) is 37.7 Å². The Morgan fingerprint density at radius 2 is 2.12 bits per heavy atom. The van der Waals surface area contributed by atoms with Crippen molar-refractivity contribution in [3.63, 3.8) is 0 Å². The van der Waals surface area contributed by atoms with Crippen molar-refractivity contribution in [3.05, 3.63) is 84.1 Å². The third-order valence-electron chi connectivity index (χ3n) is 3.59. The lowest BCUT2D eigenvalue weighted by molar-refractivity contribution is 0.615. The predicted molar refractivity (Wildman–Crippen MR) is 107 cm³/mol. The molecule has 25 heavy (non-hydrogen) atoms. The van der Waals surface area contributed by atoms with E-state index in [0.29, 0.717) is 12.1 Å². The first kappa shape index (κ1) is 20.3. The first-order chi connectivity index (χ1) is 12.0. The minimum absolute atomic E-state index is 0.0191. The smallest absolute Gasteiger partial charge is 0.126 e. The van der Waals surface area contributed by atoms with Gasteiger partial charge in [0.1, 0.15) is 5.82 Å². The van der Waals surface area contributed by atoms with Crippen LogP contribution in [0.3, 0.4) is 0 Å². The first-order valence-electron chi connectivity index (χ1n) is 8.22. The highest BCUT2D eigenvalue weighted by Crippen LogP contribution is 2.22. The molecule has 0 spiro atoms. The molecule has 0 fully saturated rings. The number of aliphatic imine (C=N–C) groups is 2. The standard InChI is InChI=1S/C21H26FN3/c1-6-24-13-10-19(21(25-7-2)11-12-23-5)14-17(4)18-9-8-16(3)20(22)15-18/h6,8-15,17,24H,1,5,7H2,2-4H3/b12-11-,13-10-,19-14+,25-21-. The van der Waals surface area contributed by atoms with E-state index in [4.69, 9.17) is 0 Å². The van der Waals surface area contributed by atoms with Crippen molar-refractivity contribution in [2.75, 3.05) is 6.54 Å². The van der Waals surface area contributed by atoms with Gasteiger partial charge in [-0.15, -0.1) is 0 Å². The number of nitrogens with zero attached hydrogens (tertiary/aromatic N) is 2. The van der Waals surface area contributed by atoms with Crippen molar-refractivity contribution in [1.82, 2.24) is 5.32 Å². The molecule has 0 aliphatic heterocycles. The second kappa shape index (κ2) is 10.9. The number of rotatable bonds is 9. The summed E-state index contributed by atoms with van der Waals surface area (Å²) in [4.78, 5) is 8.27. The quantitative estimate of drug-likeness (QED) is 0.494. The van der Waals surface area contributed by atoms with Crippen LogP contribution in [0.1, 0.15) is 30.9 Å². The van der Waals surface area contributed by atoms with Crippen LogP contribution in [0, 0.1) is 12.7 Å². The van der Waals surface area contributed by atoms with Crippen LogP contribution in [-0.2, 0) is 0 Å². The third kappa shape index (κ3) is 6.71. The normalized spacial score (nSPS) is 14.1. The molecule has 3 nitrogen and oxygen atoms in total. The van der Waals surface area contributed by atoms with Gasteiger partial charge in [0.25, 0.3) is 0 Å². The number of benzene rings is 1. The summed E-state index contributed by atoms with van der Waals surface area (Å²) in [6, 6.07) is 5.32. The third-order valence-corrected chi connectivity index (χ3v) is 3.59. The summed E-state index contributed by atoms with van der Waals surface area (Å²) in [6.07, 6.45) is 10.7. The maximum Gasteiger partial charge on any atom is 0.126 e. The molecule has 0 heterocycles. The molecule has 1 rings (SSSR count). The molecule has 0 saturated carbocycles. The van der Waals surface area contributed by atoms with Gasteiger partial charge >= 0.3 is 0 Å². The molecule has 0 bridgehead atoms. The largest absolute Gasteiger partial charge is 0.368 e. The molecule has 4 heteroatoms. The fraction of sp³-hybridized carbons (Fsp3) is 0.238. The Morgan fingerprint density at radius 1 is 1.36 bits per heavy atom. The van der Waals surface area contributed by atoms with Crippen LogP contribution in [0.25, 0.3) is 0 Å². The number of aryl methyl sites for hydroxylation is 1. The van der Waals surface area contributed by atoms with E-state index in [2.05, 4.69) is 28.6 Å². The van der Waals surface area contributed by atoms with Crippen LogP contribution >= 0.6 is 0 Å². The molecular formula is C21H26FN3. The summed E-state index contributed by atoms with van der Waals surface area (Å²) in [7, 11) is 0. The summed E-state index contributed by atoms with van der Waals surface area (Å²) < 4.78 is 13.9. The molecule has 1 N–H and O–H groups in total. The van der Waals surface area contributed by atoms with Gasteiger partial charge in [-0.3, -0.25) is 9.98 Å². The Kier molecular flexibility index (Phi) is 8.86. The predicted octanol–water partition coefficient (Wildman–Crippen LogP) is 5.09. The lowest BCUT2D eigenvalue weighted by atomic mass is 9.95. The summed E-state index contributed by atoms with van der Waals surface area (Å²) in [5.41, 5.74) is 3.25. The van der Waals surface area contributed by atoms with Gasteiger partial charge in [0.15, 0.2) is 0 Å². The van der Waals surface area contributed by atoms with Crippen molar-refractivity contribution in [3.8, 4) is 0 Å². The summed E-state index contributed by atoms with van der Waals surface area (Å²) in [6.45, 7) is 13.5. The highest BCUT2D eigenvalue weighted by atomic mass is 19.1. The Morgan fingerprint density at radius 3 is 2.72 bits per heavy atom. The van der Waals surface area contributed by atoms with E-state index in [0.717, 1.165) is 16.8 Å². The second-order valence-electron chi connectivity index (χ2n) is 5.48. The highest BCUT2D eigenvalue weighted by Gasteiger charge is 2.09. The molecular weight excluding hydrogens is 313 g/mol. The van der Waals surface area contributed by atoms with Gasteiger partial charge in [-0.1, -0.05) is 31.7 Å². The molecule has 1 aromatic carbocycles. The summed E-state index contributed by atoms with van der Waals surface area (Å²) >= 11 is 0. The average Bonchev–Trinajstić information content (AvgIpc) is 2.60. The zero-order valence-electron chi connectivity index (χ0n) is 15.2. The maximum absolute atomic E-state index is 13.9. The van der Waals surface area contributed by atoms with Gasteiger partial charge in [-0.2, -0.15) is 0 Å². The van der Waals surface area contributed by atoms with Gasteiger partial charge in [-0.25, -0.2) is 4.39 Å². The van der Waals surface area contributed by atoms with E-state index in [-0.39, 0.29) is 11.7 Å². The van der Waals surface area contributed by atoms with Crippen LogP contribution in [-0.4, -0.2) is 19.0 Å². The molecule has 0 amide bonds. The van der Waals surface area contributed by atoms with Crippen LogP contribution in [0.2, 0.25) is 0 Å². The van der Waals surface area contributed by atoms with Crippen molar-refractivity contribution < 1.29 is 4.39 Å². The summed E-state index contributed by atoms with van der Waals surface area (Å²) in [5, 5.41) is 2.93. The molecule has 1 unspecified atom stereocenters. The lowest BCUT2D eigenvalue weighted by Gasteiger charge is -2.11. The number of hydrogen-bond donors (Lipinski definition) is 1. The molecule has 0 aliphatic carbocycles. The fourth-order valence-corrected chi connectivity index (χ4v) is 2.22. The van der Waals surface area contributed by atoms with Gasteiger partial charge < -0.3 is 5.32 Å². The second-order valence-corrected chi connectivity index (χ2v) is 5.48. The number of nitrogens with one attached hydrogen (secondary N) is 1. The van der Waals surface area contributed by atoms with Gasteiger partial charge in [-0.05, 0) is 61.7 Å². The molecule has 0 aromatic heterocycles. The lowest BCUT2D eigenvalue weighted by Crippen LogP contribution is -2.03. The van der Waals surface area contributed by atoms with Crippen molar-refractivity contribution in [1.29, 1.82) is 0 Å². The fourth-order valence-electron chi connectivity index (χ4n) is 2.22. The van der Waals surface area contributed by atoms with Crippen molar-refractivity contribution in [2.45, 2.75) is 26.7 Å². The number of halogens is 1. The van der Waals surface area contributed by atoms with Crippen LogP contribution in [0.15, 0.2) is 77.2 Å². The zero-order valence-corrected chi connectivity index (χ0v) is 15.2. The van der Waals surface area contributed by atoms with E-state index >= 15 is 0 Å². The Labute approximate surface area is 150 Å². The van der Waals surface area contributed by atoms with Crippen LogP contribution in [0.4, 0.5) is 4.39 Å². The van der Waals surface area contributed by atoms with E-state index < -0.39 is 0 Å². The Hall–Kier alpha value is -2.75. The average molecular weight is 339 g/mol. The van der Waals surface area contributed by atoms with E-state index in [9.17, 15) is 4.39 Å². The topological polar surface area (TPSA) is 36.8 Å². The maximum atomic E-state index is 13.9. The van der Waals surface area contributed by atoms with Crippen LogP contribution < -0.4 is 5.32 Å². The van der Waals surface area contributed by atoms with Crippen molar-refractivity contribution >= 4 is 12.4 Å². The SMILES string of the molecule is C=CN\C=C/C(=C\C(C)c1ccc(C)c(F)c1)C(/C=C\N=C)=N\CC. The number of allylic oxidation sites excluding steroid dienone is 4. The Balaban J connectivity index is 3.27. The van der Waals surface area contributed by atoms with Crippen molar-refractivity contribution in [2.24, 2.45) is 9.98 Å². The Bertz CT molecular complexity index is 712. The molecule has 132 valence electrons. The molecule has 0 aliphatic rings. The first-order valence-corrected chi connectivity index (χ1v) is 8.22. The molecule has 1 atom stereocenters.